The van der Waals surface area contributed by atoms with Crippen LogP contribution in [0.4, 0.5) is 4.79 Å². The fourth-order valence-electron chi connectivity index (χ4n) is 1.71. The molecule has 0 bridgehead atoms. The molecule has 0 aromatic carbocycles. The van der Waals surface area contributed by atoms with E-state index in [1.807, 2.05) is 0 Å². The van der Waals surface area contributed by atoms with Crippen LogP contribution in [0.3, 0.4) is 0 Å². The van der Waals surface area contributed by atoms with Gasteiger partial charge < -0.3 is 9.84 Å². The largest absolute Gasteiger partial charge is 0.465 e. The molecule has 1 N–H and O–H groups in total. The highest BCUT2D eigenvalue weighted by atomic mass is 16.7. The molecule has 92 valence electrons. The first-order chi connectivity index (χ1) is 7.51. The molecule has 0 saturated carbocycles. The molecule has 7 heteroatoms. The summed E-state index contributed by atoms with van der Waals surface area (Å²) in [4.78, 5) is 28.6. The van der Waals surface area contributed by atoms with Crippen LogP contribution in [0.2, 0.25) is 0 Å². The van der Waals surface area contributed by atoms with Crippen LogP contribution >= 0.6 is 0 Å². The van der Waals surface area contributed by atoms with Gasteiger partial charge in [0.25, 0.3) is 5.91 Å². The molecule has 0 aromatic rings. The van der Waals surface area contributed by atoms with E-state index in [-0.39, 0.29) is 18.6 Å². The maximum Gasteiger partial charge on any atom is 0.408 e. The molecule has 16 heavy (non-hydrogen) atoms. The SMILES string of the molecule is CO[C@@H]1C[C@@H](C(=O)N(C)OC)N(C(=O)O)C1. The Morgan fingerprint density at radius 2 is 2.06 bits per heavy atom. The van der Waals surface area contributed by atoms with Gasteiger partial charge in [0, 0.05) is 20.6 Å². The molecule has 7 nitrogen and oxygen atoms in total. The molecule has 1 fully saturated rings. The Kier molecular flexibility index (Phi) is 4.08. The number of ether oxygens (including phenoxy) is 1. The lowest BCUT2D eigenvalue weighted by Crippen LogP contribution is -2.45. The summed E-state index contributed by atoms with van der Waals surface area (Å²) in [7, 11) is 4.30. The second kappa shape index (κ2) is 5.13. The molecule has 0 aliphatic carbocycles. The lowest BCUT2D eigenvalue weighted by molar-refractivity contribution is -0.173. The molecule has 1 saturated heterocycles. The van der Waals surface area contributed by atoms with Crippen molar-refractivity contribution in [2.24, 2.45) is 0 Å². The monoisotopic (exact) mass is 232 g/mol. The van der Waals surface area contributed by atoms with Gasteiger partial charge in [-0.3, -0.25) is 14.5 Å². The fourth-order valence-corrected chi connectivity index (χ4v) is 1.71. The van der Waals surface area contributed by atoms with E-state index < -0.39 is 12.1 Å². The smallest absolute Gasteiger partial charge is 0.408 e. The van der Waals surface area contributed by atoms with Crippen molar-refractivity contribution in [1.82, 2.24) is 9.96 Å². The molecular formula is C9H16N2O5. The van der Waals surface area contributed by atoms with E-state index in [0.717, 1.165) is 9.96 Å². The van der Waals surface area contributed by atoms with Gasteiger partial charge in [-0.15, -0.1) is 0 Å². The zero-order valence-corrected chi connectivity index (χ0v) is 9.54. The third-order valence-electron chi connectivity index (χ3n) is 2.71. The summed E-state index contributed by atoms with van der Waals surface area (Å²) in [6, 6.07) is -0.729. The van der Waals surface area contributed by atoms with Crippen molar-refractivity contribution >= 4 is 12.0 Å². The van der Waals surface area contributed by atoms with Gasteiger partial charge in [-0.05, 0) is 0 Å². The van der Waals surface area contributed by atoms with Crippen molar-refractivity contribution < 1.29 is 24.3 Å². The highest BCUT2D eigenvalue weighted by Gasteiger charge is 2.41. The molecule has 0 unspecified atom stereocenters. The fraction of sp³-hybridized carbons (Fsp3) is 0.778. The number of nitrogens with zero attached hydrogens (tertiary/aromatic N) is 2. The second-order valence-electron chi connectivity index (χ2n) is 3.56. The first-order valence-corrected chi connectivity index (χ1v) is 4.85. The number of methoxy groups -OCH3 is 1. The summed E-state index contributed by atoms with van der Waals surface area (Å²) >= 11 is 0. The van der Waals surface area contributed by atoms with Crippen molar-refractivity contribution in [2.75, 3.05) is 27.8 Å². The highest BCUT2D eigenvalue weighted by molar-refractivity contribution is 5.85. The Hall–Kier alpha value is -1.34. The number of hydroxylamine groups is 2. The number of hydrogen-bond acceptors (Lipinski definition) is 4. The lowest BCUT2D eigenvalue weighted by Gasteiger charge is -2.23. The van der Waals surface area contributed by atoms with Crippen molar-refractivity contribution in [1.29, 1.82) is 0 Å². The van der Waals surface area contributed by atoms with Crippen LogP contribution in [0.25, 0.3) is 0 Å². The van der Waals surface area contributed by atoms with Crippen LogP contribution in [0.15, 0.2) is 0 Å². The summed E-state index contributed by atoms with van der Waals surface area (Å²) in [6.45, 7) is 0.208. The van der Waals surface area contributed by atoms with Gasteiger partial charge in [0.2, 0.25) is 0 Å². The van der Waals surface area contributed by atoms with Gasteiger partial charge in [0.15, 0.2) is 0 Å². The Morgan fingerprint density at radius 1 is 1.44 bits per heavy atom. The molecule has 1 heterocycles. The average Bonchev–Trinajstić information content (AvgIpc) is 2.71. The van der Waals surface area contributed by atoms with Crippen molar-refractivity contribution in [3.63, 3.8) is 0 Å². The average molecular weight is 232 g/mol. The van der Waals surface area contributed by atoms with Crippen LogP contribution in [0.5, 0.6) is 0 Å². The maximum atomic E-state index is 11.8. The molecule has 2 amide bonds. The normalized spacial score (nSPS) is 24.6. The Bertz CT molecular complexity index is 283. The summed E-state index contributed by atoms with van der Waals surface area (Å²) in [6.07, 6.45) is -1.01. The van der Waals surface area contributed by atoms with Crippen molar-refractivity contribution in [3.05, 3.63) is 0 Å². The predicted octanol–water partition coefficient (Wildman–Crippen LogP) is -0.226. The first-order valence-electron chi connectivity index (χ1n) is 4.85. The minimum Gasteiger partial charge on any atom is -0.465 e. The molecular weight excluding hydrogens is 216 g/mol. The van der Waals surface area contributed by atoms with Gasteiger partial charge in [0.1, 0.15) is 6.04 Å². The van der Waals surface area contributed by atoms with E-state index >= 15 is 0 Å². The Balaban J connectivity index is 2.76. The number of carboxylic acid groups (broad SMARTS) is 1. The molecule has 0 spiro atoms. The topological polar surface area (TPSA) is 79.3 Å². The Morgan fingerprint density at radius 3 is 2.50 bits per heavy atom. The minimum absolute atomic E-state index is 0.208. The number of carbonyl (C=O) groups is 2. The summed E-state index contributed by atoms with van der Waals surface area (Å²) < 4.78 is 5.07. The van der Waals surface area contributed by atoms with Crippen LogP contribution in [0, 0.1) is 0 Å². The third kappa shape index (κ3) is 2.42. The second-order valence-corrected chi connectivity index (χ2v) is 3.56. The number of amides is 2. The van der Waals surface area contributed by atoms with Gasteiger partial charge in [-0.25, -0.2) is 9.86 Å². The molecule has 0 aromatic heterocycles. The summed E-state index contributed by atoms with van der Waals surface area (Å²) in [5, 5.41) is 9.99. The van der Waals surface area contributed by atoms with Crippen LogP contribution in [-0.2, 0) is 14.4 Å². The minimum atomic E-state index is -1.12. The molecule has 1 aliphatic rings. The summed E-state index contributed by atoms with van der Waals surface area (Å²) in [5.41, 5.74) is 0. The highest BCUT2D eigenvalue weighted by Crippen LogP contribution is 2.21. The van der Waals surface area contributed by atoms with Crippen LogP contribution < -0.4 is 0 Å². The third-order valence-corrected chi connectivity index (χ3v) is 2.71. The number of carbonyl (C=O) groups excluding carboxylic acids is 1. The molecule has 0 radical (unpaired) electrons. The molecule has 1 rings (SSSR count). The van der Waals surface area contributed by atoms with Gasteiger partial charge in [-0.1, -0.05) is 0 Å². The quantitative estimate of drug-likeness (QED) is 0.680. The zero-order valence-electron chi connectivity index (χ0n) is 9.54. The number of likely N-dealkylation sites (N-methyl/N-ethyl adjacent to an activating group) is 1. The van der Waals surface area contributed by atoms with E-state index in [0.29, 0.717) is 6.42 Å². The van der Waals surface area contributed by atoms with Crippen LogP contribution in [0.1, 0.15) is 6.42 Å². The van der Waals surface area contributed by atoms with E-state index in [1.54, 1.807) is 0 Å². The standard InChI is InChI=1S/C9H16N2O5/c1-10(16-3)8(12)7-4-6(15-2)5-11(7)9(13)14/h6-7H,4-5H2,1-3H3,(H,13,14)/t6-,7+/m1/s1. The van der Waals surface area contributed by atoms with Gasteiger partial charge >= 0.3 is 6.09 Å². The van der Waals surface area contributed by atoms with Crippen LogP contribution in [-0.4, -0.2) is 67.0 Å². The molecule has 1 aliphatic heterocycles. The number of hydrogen-bond donors (Lipinski definition) is 1. The van der Waals surface area contributed by atoms with Gasteiger partial charge in [-0.2, -0.15) is 0 Å². The summed E-state index contributed by atoms with van der Waals surface area (Å²) in [5.74, 6) is -0.385. The maximum absolute atomic E-state index is 11.8. The van der Waals surface area contributed by atoms with E-state index in [2.05, 4.69) is 0 Å². The van der Waals surface area contributed by atoms with E-state index in [4.69, 9.17) is 14.7 Å². The molecule has 2 atom stereocenters. The lowest BCUT2D eigenvalue weighted by atomic mass is 10.2. The van der Waals surface area contributed by atoms with E-state index in [1.165, 1.54) is 21.3 Å². The Labute approximate surface area is 93.5 Å². The van der Waals surface area contributed by atoms with Crippen molar-refractivity contribution in [3.8, 4) is 0 Å². The van der Waals surface area contributed by atoms with Crippen molar-refractivity contribution in [2.45, 2.75) is 18.6 Å². The number of likely N-dealkylation sites (tertiary alicyclic amines) is 1. The van der Waals surface area contributed by atoms with Gasteiger partial charge in [0.05, 0.1) is 19.8 Å². The number of rotatable bonds is 3. The predicted molar refractivity (Wildman–Crippen MR) is 53.7 cm³/mol. The van der Waals surface area contributed by atoms with E-state index in [9.17, 15) is 9.59 Å². The first kappa shape index (κ1) is 12.7. The zero-order chi connectivity index (χ0) is 12.3.